The van der Waals surface area contributed by atoms with E-state index in [0.717, 1.165) is 6.42 Å². The smallest absolute Gasteiger partial charge is 0.307 e. The first-order valence-corrected chi connectivity index (χ1v) is 7.18. The number of carbonyl (C=O) groups excluding carboxylic acids is 1. The fraction of sp³-hybridized carbons (Fsp3) is 0.929. The predicted molar refractivity (Wildman–Crippen MR) is 70.0 cm³/mol. The number of hydrogen-bond acceptors (Lipinski definition) is 3. The summed E-state index contributed by atoms with van der Waals surface area (Å²) in [6.45, 7) is 4.59. The molecule has 0 aromatic carbocycles. The molecular weight excluding hydrogens is 214 g/mol. The van der Waals surface area contributed by atoms with Gasteiger partial charge in [-0.15, -0.1) is 0 Å². The SMILES string of the molecule is CCCCC[C@@H]1CCC[C@@H](CC(=O)OCC)N1. The van der Waals surface area contributed by atoms with Gasteiger partial charge in [0.25, 0.3) is 0 Å². The molecule has 0 unspecified atom stereocenters. The Morgan fingerprint density at radius 3 is 2.71 bits per heavy atom. The van der Waals surface area contributed by atoms with E-state index in [1.807, 2.05) is 6.92 Å². The lowest BCUT2D eigenvalue weighted by atomic mass is 9.93. The van der Waals surface area contributed by atoms with E-state index in [9.17, 15) is 4.79 Å². The van der Waals surface area contributed by atoms with Crippen molar-refractivity contribution in [3.8, 4) is 0 Å². The number of unbranched alkanes of at least 4 members (excludes halogenated alkanes) is 2. The summed E-state index contributed by atoms with van der Waals surface area (Å²) in [7, 11) is 0. The van der Waals surface area contributed by atoms with Gasteiger partial charge in [-0.3, -0.25) is 4.79 Å². The highest BCUT2D eigenvalue weighted by molar-refractivity contribution is 5.70. The van der Waals surface area contributed by atoms with Crippen molar-refractivity contribution in [2.24, 2.45) is 0 Å². The van der Waals surface area contributed by atoms with Crippen LogP contribution in [0.1, 0.15) is 65.2 Å². The van der Waals surface area contributed by atoms with E-state index >= 15 is 0 Å². The summed E-state index contributed by atoms with van der Waals surface area (Å²) in [6, 6.07) is 0.962. The minimum atomic E-state index is -0.0563. The molecule has 1 N–H and O–H groups in total. The summed E-state index contributed by atoms with van der Waals surface area (Å²) in [6.07, 6.45) is 9.32. The maximum atomic E-state index is 11.4. The van der Waals surface area contributed by atoms with Crippen molar-refractivity contribution in [2.45, 2.75) is 77.3 Å². The normalized spacial score (nSPS) is 24.6. The quantitative estimate of drug-likeness (QED) is 0.550. The summed E-state index contributed by atoms with van der Waals surface area (Å²) >= 11 is 0. The van der Waals surface area contributed by atoms with E-state index in [0.29, 0.717) is 25.1 Å². The molecule has 1 rings (SSSR count). The van der Waals surface area contributed by atoms with Crippen LogP contribution in [0.15, 0.2) is 0 Å². The molecule has 1 saturated heterocycles. The predicted octanol–water partition coefficient (Wildman–Crippen LogP) is 3.03. The van der Waals surface area contributed by atoms with E-state index in [1.165, 1.54) is 38.5 Å². The van der Waals surface area contributed by atoms with Crippen LogP contribution >= 0.6 is 0 Å². The Morgan fingerprint density at radius 1 is 1.24 bits per heavy atom. The summed E-state index contributed by atoms with van der Waals surface area (Å²) < 4.78 is 5.00. The third-order valence-corrected chi connectivity index (χ3v) is 3.45. The van der Waals surface area contributed by atoms with Gasteiger partial charge in [-0.1, -0.05) is 32.6 Å². The Labute approximate surface area is 105 Å². The maximum absolute atomic E-state index is 11.4. The second-order valence-electron chi connectivity index (χ2n) is 5.00. The summed E-state index contributed by atoms with van der Waals surface area (Å²) in [4.78, 5) is 11.4. The van der Waals surface area contributed by atoms with Gasteiger partial charge < -0.3 is 10.1 Å². The largest absolute Gasteiger partial charge is 0.466 e. The lowest BCUT2D eigenvalue weighted by Gasteiger charge is -2.30. The first kappa shape index (κ1) is 14.5. The van der Waals surface area contributed by atoms with Crippen molar-refractivity contribution in [2.75, 3.05) is 6.61 Å². The van der Waals surface area contributed by atoms with Gasteiger partial charge in [0.1, 0.15) is 0 Å². The molecule has 100 valence electrons. The number of nitrogens with one attached hydrogen (secondary N) is 1. The summed E-state index contributed by atoms with van der Waals surface area (Å²) in [5.41, 5.74) is 0. The van der Waals surface area contributed by atoms with Crippen LogP contribution in [0.2, 0.25) is 0 Å². The van der Waals surface area contributed by atoms with Gasteiger partial charge in [0.15, 0.2) is 0 Å². The van der Waals surface area contributed by atoms with Crippen LogP contribution in [0, 0.1) is 0 Å². The fourth-order valence-corrected chi connectivity index (χ4v) is 2.56. The number of rotatable bonds is 7. The highest BCUT2D eigenvalue weighted by atomic mass is 16.5. The van der Waals surface area contributed by atoms with Crippen LogP contribution in [-0.2, 0) is 9.53 Å². The lowest BCUT2D eigenvalue weighted by Crippen LogP contribution is -2.43. The molecule has 1 fully saturated rings. The van der Waals surface area contributed by atoms with Crippen molar-refractivity contribution >= 4 is 5.97 Å². The van der Waals surface area contributed by atoms with E-state index in [-0.39, 0.29) is 5.97 Å². The average Bonchev–Trinajstić information content (AvgIpc) is 2.30. The Balaban J connectivity index is 2.21. The van der Waals surface area contributed by atoms with Crippen LogP contribution in [-0.4, -0.2) is 24.7 Å². The third-order valence-electron chi connectivity index (χ3n) is 3.45. The second-order valence-corrected chi connectivity index (χ2v) is 5.00. The molecule has 17 heavy (non-hydrogen) atoms. The topological polar surface area (TPSA) is 38.3 Å². The van der Waals surface area contributed by atoms with E-state index in [4.69, 9.17) is 4.74 Å². The highest BCUT2D eigenvalue weighted by Gasteiger charge is 2.22. The highest BCUT2D eigenvalue weighted by Crippen LogP contribution is 2.19. The summed E-state index contributed by atoms with van der Waals surface area (Å²) in [5.74, 6) is -0.0563. The van der Waals surface area contributed by atoms with E-state index < -0.39 is 0 Å². The molecule has 0 aliphatic carbocycles. The van der Waals surface area contributed by atoms with Gasteiger partial charge in [-0.05, 0) is 26.2 Å². The molecule has 0 amide bonds. The molecular formula is C14H27NO2. The molecule has 0 radical (unpaired) electrons. The molecule has 0 aromatic rings. The van der Waals surface area contributed by atoms with Crippen molar-refractivity contribution in [1.29, 1.82) is 0 Å². The number of carbonyl (C=O) groups is 1. The molecule has 0 bridgehead atoms. The Bertz CT molecular complexity index is 218. The molecule has 3 heteroatoms. The van der Waals surface area contributed by atoms with Crippen molar-refractivity contribution in [3.63, 3.8) is 0 Å². The van der Waals surface area contributed by atoms with Gasteiger partial charge in [0, 0.05) is 12.1 Å². The van der Waals surface area contributed by atoms with Gasteiger partial charge in [0.2, 0.25) is 0 Å². The summed E-state index contributed by atoms with van der Waals surface area (Å²) in [5, 5.41) is 3.60. The molecule has 0 spiro atoms. The van der Waals surface area contributed by atoms with Crippen molar-refractivity contribution in [1.82, 2.24) is 5.32 Å². The van der Waals surface area contributed by atoms with Crippen LogP contribution in [0.5, 0.6) is 0 Å². The molecule has 1 aliphatic rings. The molecule has 2 atom stereocenters. The van der Waals surface area contributed by atoms with Crippen LogP contribution in [0.4, 0.5) is 0 Å². The average molecular weight is 241 g/mol. The molecule has 1 heterocycles. The molecule has 0 aromatic heterocycles. The number of piperidine rings is 1. The Kier molecular flexibility index (Phi) is 7.25. The minimum absolute atomic E-state index is 0.0563. The van der Waals surface area contributed by atoms with Crippen LogP contribution in [0.3, 0.4) is 0 Å². The number of hydrogen-bond donors (Lipinski definition) is 1. The fourth-order valence-electron chi connectivity index (χ4n) is 2.56. The van der Waals surface area contributed by atoms with E-state index in [1.54, 1.807) is 0 Å². The third kappa shape index (κ3) is 6.06. The zero-order valence-electron chi connectivity index (χ0n) is 11.3. The first-order valence-electron chi connectivity index (χ1n) is 7.18. The van der Waals surface area contributed by atoms with Crippen LogP contribution < -0.4 is 5.32 Å². The molecule has 0 saturated carbocycles. The Hall–Kier alpha value is -0.570. The van der Waals surface area contributed by atoms with Gasteiger partial charge in [-0.25, -0.2) is 0 Å². The standard InChI is InChI=1S/C14H27NO2/c1-3-5-6-8-12-9-7-10-13(15-12)11-14(16)17-4-2/h12-13,15H,3-11H2,1-2H3/t12-,13+/m1/s1. The first-order chi connectivity index (χ1) is 8.26. The lowest BCUT2D eigenvalue weighted by molar-refractivity contribution is -0.143. The maximum Gasteiger partial charge on any atom is 0.307 e. The number of ether oxygens (including phenoxy) is 1. The minimum Gasteiger partial charge on any atom is -0.466 e. The molecule has 1 aliphatic heterocycles. The van der Waals surface area contributed by atoms with Gasteiger partial charge >= 0.3 is 5.97 Å². The second kappa shape index (κ2) is 8.51. The van der Waals surface area contributed by atoms with E-state index in [2.05, 4.69) is 12.2 Å². The van der Waals surface area contributed by atoms with Crippen LogP contribution in [0.25, 0.3) is 0 Å². The van der Waals surface area contributed by atoms with Crippen molar-refractivity contribution in [3.05, 3.63) is 0 Å². The van der Waals surface area contributed by atoms with Crippen molar-refractivity contribution < 1.29 is 9.53 Å². The monoisotopic (exact) mass is 241 g/mol. The van der Waals surface area contributed by atoms with Gasteiger partial charge in [-0.2, -0.15) is 0 Å². The zero-order chi connectivity index (χ0) is 12.5. The Morgan fingerprint density at radius 2 is 2.00 bits per heavy atom. The van der Waals surface area contributed by atoms with Gasteiger partial charge in [0.05, 0.1) is 13.0 Å². The molecule has 3 nitrogen and oxygen atoms in total. The number of esters is 1. The zero-order valence-corrected chi connectivity index (χ0v) is 11.3.